The lowest BCUT2D eigenvalue weighted by Gasteiger charge is -1.89. The van der Waals surface area contributed by atoms with Crippen LogP contribution in [0.3, 0.4) is 0 Å². The van der Waals surface area contributed by atoms with Crippen molar-refractivity contribution in [2.24, 2.45) is 0 Å². The van der Waals surface area contributed by atoms with E-state index >= 15 is 0 Å². The fourth-order valence-corrected chi connectivity index (χ4v) is 0.976. The van der Waals surface area contributed by atoms with Crippen LogP contribution in [0.4, 0.5) is 17.2 Å². The van der Waals surface area contributed by atoms with Crippen molar-refractivity contribution in [3.8, 4) is 0 Å². The van der Waals surface area contributed by atoms with Crippen LogP contribution >= 0.6 is 0 Å². The molecule has 76 valence electrons. The van der Waals surface area contributed by atoms with Crippen molar-refractivity contribution in [1.29, 1.82) is 0 Å². The van der Waals surface area contributed by atoms with Crippen LogP contribution in [0.25, 0.3) is 0 Å². The molecule has 0 aliphatic rings. The first kappa shape index (κ1) is 10.6. The predicted octanol–water partition coefficient (Wildman–Crippen LogP) is -0.467. The van der Waals surface area contributed by atoms with Crippen LogP contribution in [0.1, 0.15) is 0 Å². The molecule has 0 fully saturated rings. The van der Waals surface area contributed by atoms with Gasteiger partial charge in [-0.2, -0.15) is 0 Å². The van der Waals surface area contributed by atoms with E-state index in [0.29, 0.717) is 0 Å². The third-order valence-electron chi connectivity index (χ3n) is 1.50. The van der Waals surface area contributed by atoms with Crippen molar-refractivity contribution in [2.45, 2.75) is 0 Å². The first-order valence-electron chi connectivity index (χ1n) is 3.30. The molecular weight excluding hydrogens is 211 g/mol. The van der Waals surface area contributed by atoms with Gasteiger partial charge in [0.15, 0.2) is 7.85 Å². The highest BCUT2D eigenvalue weighted by molar-refractivity contribution is 6.34. The van der Waals surface area contributed by atoms with Gasteiger partial charge in [-0.15, -0.1) is 0 Å². The molecule has 1 N–H and O–H groups in total. The Morgan fingerprint density at radius 2 is 1.40 bits per heavy atom. The molecule has 0 atom stereocenters. The molecule has 15 heavy (non-hydrogen) atoms. The lowest BCUT2D eigenvalue weighted by molar-refractivity contribution is -0.439. The lowest BCUT2D eigenvalue weighted by atomic mass is 10.0. The summed E-state index contributed by atoms with van der Waals surface area (Å²) in [5.74, 6) is -1.11. The van der Waals surface area contributed by atoms with Crippen LogP contribution in [-0.2, 0) is 0 Å². The van der Waals surface area contributed by atoms with E-state index in [0.717, 1.165) is 0 Å². The van der Waals surface area contributed by atoms with Gasteiger partial charge in [0.1, 0.15) is 5.59 Å². The van der Waals surface area contributed by atoms with Gasteiger partial charge < -0.3 is 10.1 Å². The second-order valence-electron chi connectivity index (χ2n) is 2.36. The normalized spacial score (nSPS) is 9.87. The highest BCUT2D eigenvalue weighted by Crippen LogP contribution is 2.33. The minimum absolute atomic E-state index is 0.724. The zero-order chi connectivity index (χ0) is 11.7. The molecule has 0 saturated heterocycles. The zero-order valence-corrected chi connectivity index (χ0v) is 6.87. The summed E-state index contributed by atoms with van der Waals surface area (Å²) in [5, 5.41) is 31.1. The molecule has 0 aromatic carbocycles. The minimum atomic E-state index is -1.25. The second-order valence-corrected chi connectivity index (χ2v) is 2.36. The summed E-state index contributed by atoms with van der Waals surface area (Å²) in [4.78, 5) is 29.3. The van der Waals surface area contributed by atoms with Crippen LogP contribution in [0.2, 0.25) is 0 Å². The second kappa shape index (κ2) is 3.36. The van der Waals surface area contributed by atoms with E-state index < -0.39 is 37.6 Å². The van der Waals surface area contributed by atoms with E-state index in [9.17, 15) is 30.3 Å². The Morgan fingerprint density at radius 1 is 0.933 bits per heavy atom. The van der Waals surface area contributed by atoms with E-state index in [-0.39, 0.29) is 0 Å². The molecule has 0 unspecified atom stereocenters. The first-order chi connectivity index (χ1) is 6.86. The lowest BCUT2D eigenvalue weighted by Crippen LogP contribution is -2.09. The summed E-state index contributed by atoms with van der Waals surface area (Å²) in [6.07, 6.45) is 0. The van der Waals surface area contributed by atoms with Crippen molar-refractivity contribution in [2.75, 3.05) is 0 Å². The van der Waals surface area contributed by atoms with Crippen LogP contribution in [0, 0.1) is 30.3 Å². The first-order valence-corrected chi connectivity index (χ1v) is 3.30. The number of H-pyrrole nitrogens is 1. The molecule has 0 aliphatic heterocycles. The summed E-state index contributed by atoms with van der Waals surface area (Å²) in [6, 6.07) is 0. The monoisotopic (exact) mass is 212 g/mol. The topological polar surface area (TPSA) is 145 Å². The molecule has 0 bridgehead atoms. The molecular formula is C4HBN4O6. The molecule has 0 aliphatic carbocycles. The third kappa shape index (κ3) is 1.61. The summed E-state index contributed by atoms with van der Waals surface area (Å²) in [7, 11) is 5.01. The number of nitro groups is 3. The number of nitrogens with zero attached hydrogens (tertiary/aromatic N) is 3. The van der Waals surface area contributed by atoms with Gasteiger partial charge in [0.2, 0.25) is 0 Å². The maximum atomic E-state index is 10.4. The Labute approximate surface area is 81.8 Å². The summed E-state index contributed by atoms with van der Waals surface area (Å²) in [6.45, 7) is 0. The number of hydrogen-bond acceptors (Lipinski definition) is 6. The van der Waals surface area contributed by atoms with Gasteiger partial charge in [-0.3, -0.25) is 20.2 Å². The van der Waals surface area contributed by atoms with E-state index in [1.54, 1.807) is 4.98 Å². The number of hydrogen-bond donors (Lipinski definition) is 1. The zero-order valence-electron chi connectivity index (χ0n) is 6.87. The van der Waals surface area contributed by atoms with E-state index in [1.807, 2.05) is 0 Å². The van der Waals surface area contributed by atoms with Crippen molar-refractivity contribution >= 4 is 30.6 Å². The Balaban J connectivity index is 3.59. The van der Waals surface area contributed by atoms with Gasteiger partial charge in [0, 0.05) is 0 Å². The standard InChI is InChI=1S/C4HBN4O6/c5-3-1(7(10)11)2(8(12)13)4(6-3)9(14)15/h6H. The van der Waals surface area contributed by atoms with Crippen molar-refractivity contribution < 1.29 is 14.8 Å². The third-order valence-corrected chi connectivity index (χ3v) is 1.50. The molecule has 0 saturated carbocycles. The van der Waals surface area contributed by atoms with E-state index in [4.69, 9.17) is 7.85 Å². The maximum Gasteiger partial charge on any atom is 0.440 e. The van der Waals surface area contributed by atoms with Gasteiger partial charge in [0.05, 0.1) is 9.85 Å². The van der Waals surface area contributed by atoms with Crippen molar-refractivity contribution in [3.63, 3.8) is 0 Å². The van der Waals surface area contributed by atoms with Crippen LogP contribution in [-0.4, -0.2) is 27.6 Å². The van der Waals surface area contributed by atoms with Gasteiger partial charge >= 0.3 is 17.2 Å². The Bertz CT molecular complexity index is 466. The largest absolute Gasteiger partial charge is 0.440 e. The summed E-state index contributed by atoms with van der Waals surface area (Å²) >= 11 is 0. The molecule has 1 aromatic rings. The fraction of sp³-hybridized carbons (Fsp3) is 0. The van der Waals surface area contributed by atoms with Crippen molar-refractivity contribution in [3.05, 3.63) is 30.3 Å². The van der Waals surface area contributed by atoms with E-state index in [1.165, 1.54) is 0 Å². The van der Waals surface area contributed by atoms with Gasteiger partial charge in [0.25, 0.3) is 0 Å². The summed E-state index contributed by atoms with van der Waals surface area (Å²) < 4.78 is 0. The molecule has 11 heteroatoms. The average Bonchev–Trinajstić information content (AvgIpc) is 2.42. The molecule has 0 spiro atoms. The van der Waals surface area contributed by atoms with Crippen LogP contribution in [0.15, 0.2) is 0 Å². The Morgan fingerprint density at radius 3 is 1.73 bits per heavy atom. The minimum Gasteiger partial charge on any atom is -0.358 e. The van der Waals surface area contributed by atoms with Crippen LogP contribution < -0.4 is 5.59 Å². The average molecular weight is 212 g/mol. The molecule has 1 aromatic heterocycles. The number of nitrogens with one attached hydrogen (secondary N) is 1. The highest BCUT2D eigenvalue weighted by Gasteiger charge is 2.41. The highest BCUT2D eigenvalue weighted by atomic mass is 16.6. The number of aromatic nitrogens is 1. The number of rotatable bonds is 3. The smallest absolute Gasteiger partial charge is 0.358 e. The van der Waals surface area contributed by atoms with Gasteiger partial charge in [-0.1, -0.05) is 0 Å². The Kier molecular flexibility index (Phi) is 2.38. The molecule has 1 heterocycles. The van der Waals surface area contributed by atoms with Gasteiger partial charge in [-0.25, -0.2) is 4.98 Å². The SMILES string of the molecule is [B]c1[nH]c([N+](=O)[O-])c([N+](=O)[O-])c1[N+](=O)[O-]. The molecule has 2 radical (unpaired) electrons. The van der Waals surface area contributed by atoms with E-state index in [2.05, 4.69) is 0 Å². The quantitative estimate of drug-likeness (QED) is 0.407. The fourth-order valence-electron chi connectivity index (χ4n) is 0.976. The molecule has 1 rings (SSSR count). The van der Waals surface area contributed by atoms with Crippen LogP contribution in [0.5, 0.6) is 0 Å². The predicted molar refractivity (Wildman–Crippen MR) is 46.1 cm³/mol. The number of aromatic amines is 1. The maximum absolute atomic E-state index is 10.4. The Hall–Kier alpha value is -2.46. The summed E-state index contributed by atoms with van der Waals surface area (Å²) in [5.41, 5.74) is -3.08. The van der Waals surface area contributed by atoms with Gasteiger partial charge in [-0.05, 0) is 4.92 Å². The molecule has 0 amide bonds. The van der Waals surface area contributed by atoms with Crippen molar-refractivity contribution in [1.82, 2.24) is 4.98 Å². The molecule has 10 nitrogen and oxygen atoms in total.